The number of ether oxygens (including phenoxy) is 1. The summed E-state index contributed by atoms with van der Waals surface area (Å²) in [5.41, 5.74) is 0.594. The van der Waals surface area contributed by atoms with Crippen molar-refractivity contribution in [3.05, 3.63) is 0 Å². The molecular weight excluding hydrogens is 324 g/mol. The molecule has 0 N–H and O–H groups in total. The first-order chi connectivity index (χ1) is 12.3. The fourth-order valence-corrected chi connectivity index (χ4v) is 8.07. The first-order valence-electron chi connectivity index (χ1n) is 11.0. The summed E-state index contributed by atoms with van der Waals surface area (Å²) in [7, 11) is 0. The van der Waals surface area contributed by atoms with Gasteiger partial charge in [0, 0.05) is 19.3 Å². The molecule has 26 heavy (non-hydrogen) atoms. The highest BCUT2D eigenvalue weighted by Gasteiger charge is 2.62. The molecule has 0 radical (unpaired) electrons. The van der Waals surface area contributed by atoms with Crippen LogP contribution in [0.15, 0.2) is 0 Å². The summed E-state index contributed by atoms with van der Waals surface area (Å²) in [4.78, 5) is 24.4. The molecular formula is C23H36O3. The average molecular weight is 361 g/mol. The second-order valence-corrected chi connectivity index (χ2v) is 10.4. The van der Waals surface area contributed by atoms with Gasteiger partial charge < -0.3 is 4.74 Å². The van der Waals surface area contributed by atoms with Gasteiger partial charge in [0.1, 0.15) is 11.9 Å². The number of carbonyl (C=O) groups excluding carboxylic acids is 2. The standard InChI is InChI=1S/C23H36O3/c1-5-15-13-20(25)21-18-7-6-16-12-17(26-14(2)24)8-10-22(16,3)19(18)9-11-23(15,21)4/h15-19,21H,5-13H2,1-4H3/t15-,16?,17?,18+,19-,21+,22-,23+/m0/s1. The van der Waals surface area contributed by atoms with Crippen LogP contribution < -0.4 is 0 Å². The van der Waals surface area contributed by atoms with Gasteiger partial charge in [-0.2, -0.15) is 0 Å². The van der Waals surface area contributed by atoms with Crippen LogP contribution in [0.1, 0.15) is 85.5 Å². The molecule has 4 aliphatic carbocycles. The summed E-state index contributed by atoms with van der Waals surface area (Å²) in [5, 5.41) is 0. The fourth-order valence-electron chi connectivity index (χ4n) is 8.07. The molecule has 146 valence electrons. The first-order valence-corrected chi connectivity index (χ1v) is 11.0. The van der Waals surface area contributed by atoms with Gasteiger partial charge in [-0.05, 0) is 79.4 Å². The van der Waals surface area contributed by atoms with E-state index in [1.807, 2.05) is 0 Å². The number of Topliss-reactive ketones (excluding diaryl/α,β-unsaturated/α-hetero) is 1. The number of rotatable bonds is 2. The lowest BCUT2D eigenvalue weighted by atomic mass is 9.44. The van der Waals surface area contributed by atoms with E-state index >= 15 is 0 Å². The average Bonchev–Trinajstić information content (AvgIpc) is 2.85. The maximum atomic E-state index is 13.0. The molecule has 4 saturated carbocycles. The van der Waals surface area contributed by atoms with Crippen LogP contribution in [0.5, 0.6) is 0 Å². The molecule has 2 unspecified atom stereocenters. The van der Waals surface area contributed by atoms with Crippen molar-refractivity contribution in [1.82, 2.24) is 0 Å². The number of esters is 1. The van der Waals surface area contributed by atoms with E-state index in [9.17, 15) is 9.59 Å². The Morgan fingerprint density at radius 1 is 1.12 bits per heavy atom. The maximum absolute atomic E-state index is 13.0. The minimum absolute atomic E-state index is 0.119. The third-order valence-corrected chi connectivity index (χ3v) is 9.38. The van der Waals surface area contributed by atoms with E-state index in [-0.39, 0.29) is 17.5 Å². The molecule has 4 rings (SSSR count). The van der Waals surface area contributed by atoms with Gasteiger partial charge in [0.05, 0.1) is 0 Å². The molecule has 0 bridgehead atoms. The van der Waals surface area contributed by atoms with Crippen LogP contribution >= 0.6 is 0 Å². The minimum atomic E-state index is -0.136. The third kappa shape index (κ3) is 2.59. The Labute approximate surface area is 158 Å². The van der Waals surface area contributed by atoms with Crippen molar-refractivity contribution in [1.29, 1.82) is 0 Å². The zero-order chi connectivity index (χ0) is 18.7. The summed E-state index contributed by atoms with van der Waals surface area (Å²) in [5.74, 6) is 3.31. The summed E-state index contributed by atoms with van der Waals surface area (Å²) < 4.78 is 5.56. The quantitative estimate of drug-likeness (QED) is 0.638. The highest BCUT2D eigenvalue weighted by Crippen LogP contribution is 2.67. The Balaban J connectivity index is 1.57. The van der Waals surface area contributed by atoms with Crippen molar-refractivity contribution in [2.45, 2.75) is 91.6 Å². The second-order valence-electron chi connectivity index (χ2n) is 10.4. The van der Waals surface area contributed by atoms with E-state index in [0.29, 0.717) is 40.8 Å². The highest BCUT2D eigenvalue weighted by molar-refractivity contribution is 5.85. The molecule has 8 atom stereocenters. The van der Waals surface area contributed by atoms with E-state index in [1.165, 1.54) is 32.6 Å². The molecule has 0 amide bonds. The van der Waals surface area contributed by atoms with Gasteiger partial charge in [-0.3, -0.25) is 9.59 Å². The lowest BCUT2D eigenvalue weighted by Gasteiger charge is -2.60. The molecule has 0 aliphatic heterocycles. The number of hydrogen-bond donors (Lipinski definition) is 0. The Morgan fingerprint density at radius 2 is 1.85 bits per heavy atom. The van der Waals surface area contributed by atoms with Crippen LogP contribution in [0.3, 0.4) is 0 Å². The molecule has 0 spiro atoms. The van der Waals surface area contributed by atoms with Gasteiger partial charge >= 0.3 is 5.97 Å². The number of ketones is 1. The van der Waals surface area contributed by atoms with Crippen LogP contribution in [0.25, 0.3) is 0 Å². The third-order valence-electron chi connectivity index (χ3n) is 9.38. The molecule has 0 aromatic rings. The van der Waals surface area contributed by atoms with Crippen LogP contribution in [0.2, 0.25) is 0 Å². The van der Waals surface area contributed by atoms with Crippen LogP contribution in [-0.2, 0) is 14.3 Å². The van der Waals surface area contributed by atoms with Gasteiger partial charge in [-0.15, -0.1) is 0 Å². The van der Waals surface area contributed by atoms with Gasteiger partial charge in [-0.25, -0.2) is 0 Å². The molecule has 3 nitrogen and oxygen atoms in total. The van der Waals surface area contributed by atoms with Crippen LogP contribution in [-0.4, -0.2) is 17.9 Å². The van der Waals surface area contributed by atoms with Crippen molar-refractivity contribution in [3.63, 3.8) is 0 Å². The Kier molecular flexibility index (Phi) is 4.51. The van der Waals surface area contributed by atoms with Crippen molar-refractivity contribution in [2.75, 3.05) is 0 Å². The molecule has 3 heteroatoms. The monoisotopic (exact) mass is 360 g/mol. The predicted molar refractivity (Wildman–Crippen MR) is 101 cm³/mol. The smallest absolute Gasteiger partial charge is 0.302 e. The van der Waals surface area contributed by atoms with Crippen molar-refractivity contribution >= 4 is 11.8 Å². The lowest BCUT2D eigenvalue weighted by Crippen LogP contribution is -2.55. The molecule has 0 aromatic carbocycles. The summed E-state index contributed by atoms with van der Waals surface area (Å²) in [6.07, 6.45) is 10.3. The minimum Gasteiger partial charge on any atom is -0.463 e. The predicted octanol–water partition coefficient (Wildman–Crippen LogP) is 5.17. The Morgan fingerprint density at radius 3 is 2.54 bits per heavy atom. The van der Waals surface area contributed by atoms with E-state index in [4.69, 9.17) is 4.74 Å². The fraction of sp³-hybridized carbons (Fsp3) is 0.913. The number of fused-ring (bicyclic) bond motifs is 5. The van der Waals surface area contributed by atoms with Crippen LogP contribution in [0.4, 0.5) is 0 Å². The van der Waals surface area contributed by atoms with E-state index in [1.54, 1.807) is 0 Å². The molecule has 0 saturated heterocycles. The van der Waals surface area contributed by atoms with E-state index in [0.717, 1.165) is 32.1 Å². The molecule has 4 aliphatic rings. The first kappa shape index (κ1) is 18.5. The summed E-state index contributed by atoms with van der Waals surface area (Å²) in [6.45, 7) is 8.73. The second kappa shape index (κ2) is 6.34. The van der Waals surface area contributed by atoms with E-state index in [2.05, 4.69) is 20.8 Å². The molecule has 0 aromatic heterocycles. The Hall–Kier alpha value is -0.860. The largest absolute Gasteiger partial charge is 0.463 e. The SMILES string of the molecule is CC[C@H]1CC(=O)[C@H]2[C@@H]3CCC4CC(OC(C)=O)CC[C@]4(C)[C@H]3CC[C@]12C. The summed E-state index contributed by atoms with van der Waals surface area (Å²) in [6, 6.07) is 0. The molecule has 0 heterocycles. The topological polar surface area (TPSA) is 43.4 Å². The highest BCUT2D eigenvalue weighted by atomic mass is 16.5. The van der Waals surface area contributed by atoms with Crippen molar-refractivity contribution < 1.29 is 14.3 Å². The van der Waals surface area contributed by atoms with Gasteiger partial charge in [0.2, 0.25) is 0 Å². The van der Waals surface area contributed by atoms with Gasteiger partial charge in [0.25, 0.3) is 0 Å². The zero-order valence-electron chi connectivity index (χ0n) is 17.1. The van der Waals surface area contributed by atoms with Gasteiger partial charge in [0.15, 0.2) is 0 Å². The molecule has 4 fully saturated rings. The maximum Gasteiger partial charge on any atom is 0.302 e. The number of hydrogen-bond acceptors (Lipinski definition) is 3. The van der Waals surface area contributed by atoms with Crippen LogP contribution in [0, 0.1) is 40.4 Å². The Bertz CT molecular complexity index is 598. The number of carbonyl (C=O) groups is 2. The van der Waals surface area contributed by atoms with Crippen molar-refractivity contribution in [2.24, 2.45) is 40.4 Å². The van der Waals surface area contributed by atoms with Crippen molar-refractivity contribution in [3.8, 4) is 0 Å². The lowest BCUT2D eigenvalue weighted by molar-refractivity contribution is -0.162. The van der Waals surface area contributed by atoms with Gasteiger partial charge in [-0.1, -0.05) is 27.2 Å². The normalized spacial score (nSPS) is 50.5. The summed E-state index contributed by atoms with van der Waals surface area (Å²) >= 11 is 0. The zero-order valence-corrected chi connectivity index (χ0v) is 17.1. The van der Waals surface area contributed by atoms with E-state index < -0.39 is 0 Å².